The molecule has 0 radical (unpaired) electrons. The monoisotopic (exact) mass is 354 g/mol. The van der Waals surface area contributed by atoms with Crippen molar-refractivity contribution in [3.63, 3.8) is 0 Å². The molecule has 0 spiro atoms. The number of rotatable bonds is 12. The molecule has 0 bridgehead atoms. The van der Waals surface area contributed by atoms with Crippen LogP contribution in [0.4, 0.5) is 0 Å². The highest BCUT2D eigenvalue weighted by Gasteiger charge is 2.41. The van der Waals surface area contributed by atoms with Gasteiger partial charge in [0.2, 0.25) is 0 Å². The van der Waals surface area contributed by atoms with Crippen LogP contribution in [-0.4, -0.2) is 64.2 Å². The van der Waals surface area contributed by atoms with Crippen LogP contribution in [-0.2, 0) is 13.3 Å². The fourth-order valence-corrected chi connectivity index (χ4v) is 9.05. The van der Waals surface area contributed by atoms with Gasteiger partial charge in [-0.15, -0.1) is 0 Å². The summed E-state index contributed by atoms with van der Waals surface area (Å²) in [4.78, 5) is 10.1. The van der Waals surface area contributed by atoms with Crippen molar-refractivity contribution in [2.45, 2.75) is 70.5 Å². The summed E-state index contributed by atoms with van der Waals surface area (Å²) in [5, 5.41) is 19.3. The zero-order valence-electron chi connectivity index (χ0n) is 14.9. The lowest BCUT2D eigenvalue weighted by molar-refractivity contribution is -0.102. The highest BCUT2D eigenvalue weighted by atomic mass is 28.5. The summed E-state index contributed by atoms with van der Waals surface area (Å²) in [5.74, 6) is 0. The Hall–Kier alpha value is 0.194. The van der Waals surface area contributed by atoms with E-state index in [-0.39, 0.29) is 6.61 Å². The average Bonchev–Trinajstić information content (AvgIpc) is 2.36. The molecule has 0 rings (SSSR count). The van der Waals surface area contributed by atoms with E-state index in [0.29, 0.717) is 6.61 Å². The molecule has 22 heavy (non-hydrogen) atoms. The SMILES string of the molecule is CCC[Si](CCCOCC(C)(O)C(C)O)(OC)O[Si](C)(C)O. The van der Waals surface area contributed by atoms with Crippen LogP contribution in [0.25, 0.3) is 0 Å². The number of aliphatic hydroxyl groups excluding tert-OH is 1. The zero-order valence-corrected chi connectivity index (χ0v) is 16.9. The van der Waals surface area contributed by atoms with Crippen LogP contribution in [0, 0.1) is 0 Å². The molecule has 0 aromatic carbocycles. The topological polar surface area (TPSA) is 88.4 Å². The molecule has 3 unspecified atom stereocenters. The van der Waals surface area contributed by atoms with Crippen LogP contribution in [0.2, 0.25) is 25.2 Å². The summed E-state index contributed by atoms with van der Waals surface area (Å²) in [6, 6.07) is 1.58. The van der Waals surface area contributed by atoms with Gasteiger partial charge < -0.3 is 28.3 Å². The molecule has 0 aromatic rings. The van der Waals surface area contributed by atoms with Crippen molar-refractivity contribution in [3.05, 3.63) is 0 Å². The summed E-state index contributed by atoms with van der Waals surface area (Å²) in [7, 11) is -3.39. The van der Waals surface area contributed by atoms with E-state index in [1.54, 1.807) is 27.1 Å². The van der Waals surface area contributed by atoms with Gasteiger partial charge in [-0.3, -0.25) is 0 Å². The van der Waals surface area contributed by atoms with Crippen molar-refractivity contribution in [3.8, 4) is 0 Å². The van der Waals surface area contributed by atoms with Gasteiger partial charge in [-0.05, 0) is 45.5 Å². The van der Waals surface area contributed by atoms with E-state index < -0.39 is 28.8 Å². The molecular weight excluding hydrogens is 320 g/mol. The van der Waals surface area contributed by atoms with Crippen molar-refractivity contribution in [2.24, 2.45) is 0 Å². The Morgan fingerprint density at radius 1 is 1.23 bits per heavy atom. The Bertz CT molecular complexity index is 306. The Morgan fingerprint density at radius 3 is 2.23 bits per heavy atom. The predicted molar refractivity (Wildman–Crippen MR) is 91.2 cm³/mol. The molecule has 0 fully saturated rings. The molecule has 0 aliphatic rings. The first-order valence-corrected chi connectivity index (χ1v) is 13.0. The smallest absolute Gasteiger partial charge is 0.329 e. The van der Waals surface area contributed by atoms with Gasteiger partial charge in [-0.2, -0.15) is 0 Å². The van der Waals surface area contributed by atoms with Gasteiger partial charge in [-0.1, -0.05) is 13.3 Å². The van der Waals surface area contributed by atoms with Crippen molar-refractivity contribution in [1.82, 2.24) is 0 Å². The second-order valence-corrected chi connectivity index (χ2v) is 13.5. The van der Waals surface area contributed by atoms with Gasteiger partial charge in [0.25, 0.3) is 0 Å². The van der Waals surface area contributed by atoms with Crippen LogP contribution >= 0.6 is 0 Å². The maximum atomic E-state index is 10.1. The molecule has 134 valence electrons. The Labute approximate surface area is 136 Å². The first kappa shape index (κ1) is 22.2. The lowest BCUT2D eigenvalue weighted by Gasteiger charge is -2.34. The lowest BCUT2D eigenvalue weighted by Crippen LogP contribution is -2.50. The first-order chi connectivity index (χ1) is 9.98. The van der Waals surface area contributed by atoms with Crippen LogP contribution < -0.4 is 0 Å². The standard InChI is InChI=1S/C14H34O6Si2/c1-7-10-22(18-4,20-21(5,6)17)11-8-9-19-12-14(3,16)13(2)15/h13,15-17H,7-12H2,1-6H3. The molecule has 3 N–H and O–H groups in total. The van der Waals surface area contributed by atoms with E-state index in [9.17, 15) is 15.0 Å². The molecule has 3 atom stereocenters. The quantitative estimate of drug-likeness (QED) is 0.365. The largest absolute Gasteiger partial charge is 0.415 e. The van der Waals surface area contributed by atoms with E-state index in [2.05, 4.69) is 6.92 Å². The molecular formula is C14H34O6Si2. The Morgan fingerprint density at radius 2 is 1.82 bits per heavy atom. The van der Waals surface area contributed by atoms with E-state index in [1.165, 1.54) is 6.92 Å². The van der Waals surface area contributed by atoms with Crippen molar-refractivity contribution < 1.29 is 28.3 Å². The Balaban J connectivity index is 4.36. The first-order valence-electron chi connectivity index (χ1n) is 7.94. The molecule has 0 aromatic heterocycles. The van der Waals surface area contributed by atoms with Crippen molar-refractivity contribution in [2.75, 3.05) is 20.3 Å². The van der Waals surface area contributed by atoms with Gasteiger partial charge in [0.05, 0.1) is 12.7 Å². The molecule has 0 amide bonds. The van der Waals surface area contributed by atoms with Crippen LogP contribution in [0.1, 0.15) is 33.6 Å². The second kappa shape index (κ2) is 9.48. The summed E-state index contributed by atoms with van der Waals surface area (Å²) in [6.45, 7) is 9.20. The van der Waals surface area contributed by atoms with Crippen molar-refractivity contribution >= 4 is 17.1 Å². The maximum absolute atomic E-state index is 10.1. The Kier molecular flexibility index (Phi) is 9.56. The summed E-state index contributed by atoms with van der Waals surface area (Å²) in [6.07, 6.45) is 0.840. The highest BCUT2D eigenvalue weighted by Crippen LogP contribution is 2.25. The van der Waals surface area contributed by atoms with E-state index in [1.807, 2.05) is 0 Å². The van der Waals surface area contributed by atoms with Crippen LogP contribution in [0.5, 0.6) is 0 Å². The van der Waals surface area contributed by atoms with Gasteiger partial charge in [-0.25, -0.2) is 0 Å². The third-order valence-electron chi connectivity index (χ3n) is 3.58. The van der Waals surface area contributed by atoms with Gasteiger partial charge in [0.15, 0.2) is 0 Å². The van der Waals surface area contributed by atoms with E-state index >= 15 is 0 Å². The third kappa shape index (κ3) is 8.73. The average molecular weight is 355 g/mol. The molecule has 6 nitrogen and oxygen atoms in total. The summed E-state index contributed by atoms with van der Waals surface area (Å²) >= 11 is 0. The number of ether oxygens (including phenoxy) is 1. The molecule has 0 saturated heterocycles. The van der Waals surface area contributed by atoms with Gasteiger partial charge in [0, 0.05) is 13.7 Å². The minimum atomic E-state index is -2.64. The minimum Gasteiger partial charge on any atom is -0.415 e. The summed E-state index contributed by atoms with van der Waals surface area (Å²) < 4.78 is 17.1. The van der Waals surface area contributed by atoms with Gasteiger partial charge in [0.1, 0.15) is 5.60 Å². The number of hydrogen-bond acceptors (Lipinski definition) is 6. The number of hydrogen-bond donors (Lipinski definition) is 3. The van der Waals surface area contributed by atoms with Crippen molar-refractivity contribution in [1.29, 1.82) is 0 Å². The minimum absolute atomic E-state index is 0.0844. The van der Waals surface area contributed by atoms with Gasteiger partial charge >= 0.3 is 17.1 Å². The lowest BCUT2D eigenvalue weighted by atomic mass is 10.0. The zero-order chi connectivity index (χ0) is 17.4. The highest BCUT2D eigenvalue weighted by molar-refractivity contribution is 6.79. The molecule has 0 aliphatic heterocycles. The molecule has 0 aliphatic carbocycles. The van der Waals surface area contributed by atoms with E-state index in [4.69, 9.17) is 13.3 Å². The van der Waals surface area contributed by atoms with E-state index in [0.717, 1.165) is 24.9 Å². The molecule has 8 heteroatoms. The summed E-state index contributed by atoms with van der Waals surface area (Å²) in [5.41, 5.74) is -1.24. The third-order valence-corrected chi connectivity index (χ3v) is 10.2. The number of aliphatic hydroxyl groups is 2. The van der Waals surface area contributed by atoms with Crippen LogP contribution in [0.3, 0.4) is 0 Å². The fourth-order valence-electron chi connectivity index (χ4n) is 2.15. The second-order valence-electron chi connectivity index (χ2n) is 6.60. The van der Waals surface area contributed by atoms with Crippen LogP contribution in [0.15, 0.2) is 0 Å². The maximum Gasteiger partial charge on any atom is 0.329 e. The molecule has 0 heterocycles. The predicted octanol–water partition coefficient (Wildman–Crippen LogP) is 1.73. The molecule has 0 saturated carbocycles. The fraction of sp³-hybridized carbons (Fsp3) is 1.00. The normalized spacial score (nSPS) is 19.5.